The summed E-state index contributed by atoms with van der Waals surface area (Å²) in [6, 6.07) is 0. The Labute approximate surface area is 80.9 Å². The van der Waals surface area contributed by atoms with Crippen molar-refractivity contribution in [3.8, 4) is 0 Å². The van der Waals surface area contributed by atoms with Gasteiger partial charge in [-0.15, -0.1) is 0 Å². The van der Waals surface area contributed by atoms with Crippen molar-refractivity contribution in [3.05, 3.63) is 27.6 Å². The van der Waals surface area contributed by atoms with Gasteiger partial charge in [-0.2, -0.15) is 0 Å². The molecule has 0 aromatic heterocycles. The Kier molecular flexibility index (Phi) is 2.47. The average molecular weight is 204 g/mol. The maximum atomic E-state index is 11.5. The third kappa shape index (κ3) is 2.09. The van der Waals surface area contributed by atoms with E-state index in [-0.39, 0.29) is 17.2 Å². The first-order valence-electron chi connectivity index (χ1n) is 3.71. The van der Waals surface area contributed by atoms with E-state index >= 15 is 0 Å². The van der Waals surface area contributed by atoms with Gasteiger partial charge < -0.3 is 15.0 Å². The van der Waals surface area contributed by atoms with Crippen LogP contribution in [0.25, 0.3) is 0 Å². The fraction of sp³-hybridized carbons (Fsp3) is 0.375. The Morgan fingerprint density at radius 2 is 2.31 bits per heavy atom. The van der Waals surface area contributed by atoms with Gasteiger partial charge in [-0.25, -0.2) is 4.79 Å². The number of hydrogen-bond acceptors (Lipinski definition) is 2. The molecule has 0 amide bonds. The van der Waals surface area contributed by atoms with Crippen LogP contribution in [-0.4, -0.2) is 29.3 Å². The second kappa shape index (κ2) is 3.14. The highest BCUT2D eigenvalue weighted by atomic mass is 35.5. The molecule has 1 aliphatic rings. The normalized spacial score (nSPS) is 28.8. The first-order chi connectivity index (χ1) is 5.83. The second-order valence-corrected chi connectivity index (χ2v) is 3.65. The summed E-state index contributed by atoms with van der Waals surface area (Å²) in [5, 5.41) is 20.4. The number of nitrogens with zero attached hydrogens (tertiary/aromatic N) is 1. The zero-order valence-electron chi connectivity index (χ0n) is 7.37. The van der Waals surface area contributed by atoms with E-state index in [0.717, 1.165) is 6.20 Å². The van der Waals surface area contributed by atoms with Gasteiger partial charge in [0.1, 0.15) is 18.3 Å². The lowest BCUT2D eigenvalue weighted by Gasteiger charge is -2.37. The molecule has 1 rings (SSSR count). The molecule has 4 nitrogen and oxygen atoms in total. The molecular formula is C8H10ClNO3. The summed E-state index contributed by atoms with van der Waals surface area (Å²) in [4.78, 5) is 10.7. The third-order valence-electron chi connectivity index (χ3n) is 1.79. The first-order valence-corrected chi connectivity index (χ1v) is 4.09. The number of carbonyl (C=O) groups is 1. The Morgan fingerprint density at radius 3 is 2.77 bits per heavy atom. The molecule has 0 spiro atoms. The molecule has 0 saturated carbocycles. The quantitative estimate of drug-likeness (QED) is 0.518. The maximum absolute atomic E-state index is 11.5. The number of halogens is 1. The lowest BCUT2D eigenvalue weighted by molar-refractivity contribution is -0.803. The minimum Gasteiger partial charge on any atom is -0.628 e. The number of hydroxylamine groups is 3. The van der Waals surface area contributed by atoms with Crippen molar-refractivity contribution in [3.63, 3.8) is 0 Å². The Bertz CT molecular complexity index is 317. The van der Waals surface area contributed by atoms with Crippen LogP contribution in [0.4, 0.5) is 0 Å². The van der Waals surface area contributed by atoms with Crippen molar-refractivity contribution in [2.45, 2.75) is 6.92 Å². The third-order valence-corrected chi connectivity index (χ3v) is 2.32. The van der Waals surface area contributed by atoms with Crippen molar-refractivity contribution in [1.82, 2.24) is 0 Å². The molecule has 1 heterocycles. The monoisotopic (exact) mass is 203 g/mol. The lowest BCUT2D eigenvalue weighted by atomic mass is 10.1. The van der Waals surface area contributed by atoms with Crippen molar-refractivity contribution in [2.24, 2.45) is 0 Å². The Hall–Kier alpha value is -0.840. The van der Waals surface area contributed by atoms with E-state index in [4.69, 9.17) is 16.7 Å². The fourth-order valence-electron chi connectivity index (χ4n) is 1.29. The zero-order valence-corrected chi connectivity index (χ0v) is 8.13. The van der Waals surface area contributed by atoms with Crippen molar-refractivity contribution >= 4 is 17.6 Å². The largest absolute Gasteiger partial charge is 0.628 e. The number of likely N-dealkylation sites (N-methyl/N-ethyl adjacent to an activating group) is 1. The van der Waals surface area contributed by atoms with E-state index in [1.165, 1.54) is 7.05 Å². The summed E-state index contributed by atoms with van der Waals surface area (Å²) in [5.41, 5.74) is 0.502. The number of rotatable bonds is 1. The molecule has 1 unspecified atom stereocenters. The number of aliphatic carboxylic acids is 1. The zero-order chi connectivity index (χ0) is 10.2. The van der Waals surface area contributed by atoms with Crippen LogP contribution in [0.2, 0.25) is 0 Å². The molecule has 1 atom stereocenters. The summed E-state index contributed by atoms with van der Waals surface area (Å²) in [5.74, 6) is -1.16. The van der Waals surface area contributed by atoms with Gasteiger partial charge in [-0.1, -0.05) is 11.6 Å². The molecule has 72 valence electrons. The number of quaternary nitrogens is 1. The van der Waals surface area contributed by atoms with Crippen LogP contribution in [0, 0.1) is 5.21 Å². The molecule has 0 bridgehead atoms. The van der Waals surface area contributed by atoms with E-state index in [2.05, 4.69) is 0 Å². The van der Waals surface area contributed by atoms with Crippen molar-refractivity contribution in [2.75, 3.05) is 13.6 Å². The highest BCUT2D eigenvalue weighted by Gasteiger charge is 2.26. The highest BCUT2D eigenvalue weighted by Crippen LogP contribution is 2.28. The topological polar surface area (TPSA) is 60.4 Å². The van der Waals surface area contributed by atoms with E-state index in [0.29, 0.717) is 5.57 Å². The standard InChI is InChI=1S/C8H10ClNO3/c1-5-3-10(2,13)4-6(7(5)9)8(11)12/h4H,3H2,1-2H3,(H,11,12). The summed E-state index contributed by atoms with van der Waals surface area (Å²) in [7, 11) is 1.38. The van der Waals surface area contributed by atoms with Gasteiger partial charge in [0.25, 0.3) is 0 Å². The second-order valence-electron chi connectivity index (χ2n) is 3.27. The van der Waals surface area contributed by atoms with Crippen LogP contribution in [0.5, 0.6) is 0 Å². The van der Waals surface area contributed by atoms with Gasteiger partial charge in [0, 0.05) is 5.57 Å². The number of carboxylic acids is 1. The molecule has 0 aromatic carbocycles. The van der Waals surface area contributed by atoms with Crippen molar-refractivity contribution in [1.29, 1.82) is 0 Å². The van der Waals surface area contributed by atoms with E-state index < -0.39 is 10.6 Å². The maximum Gasteiger partial charge on any atom is 0.342 e. The van der Waals surface area contributed by atoms with E-state index in [9.17, 15) is 10.0 Å². The van der Waals surface area contributed by atoms with Gasteiger partial charge in [-0.3, -0.25) is 0 Å². The van der Waals surface area contributed by atoms with Crippen LogP contribution in [0.1, 0.15) is 6.92 Å². The van der Waals surface area contributed by atoms with Gasteiger partial charge in [0.2, 0.25) is 0 Å². The van der Waals surface area contributed by atoms with E-state index in [1.54, 1.807) is 6.92 Å². The minimum atomic E-state index is -1.16. The summed E-state index contributed by atoms with van der Waals surface area (Å²) < 4.78 is -0.719. The average Bonchev–Trinajstić information content (AvgIpc) is 1.95. The molecule has 0 aliphatic carbocycles. The van der Waals surface area contributed by atoms with Crippen LogP contribution in [0.15, 0.2) is 22.4 Å². The number of hydrogen-bond donors (Lipinski definition) is 1. The van der Waals surface area contributed by atoms with Gasteiger partial charge in [-0.05, 0) is 6.92 Å². The van der Waals surface area contributed by atoms with Crippen LogP contribution < -0.4 is 0 Å². The lowest BCUT2D eigenvalue weighted by Crippen LogP contribution is -2.36. The predicted molar refractivity (Wildman–Crippen MR) is 48.7 cm³/mol. The molecule has 5 heteroatoms. The summed E-state index contributed by atoms with van der Waals surface area (Å²) in [6.07, 6.45) is 1.11. The summed E-state index contributed by atoms with van der Waals surface area (Å²) in [6.45, 7) is 1.86. The molecule has 13 heavy (non-hydrogen) atoms. The highest BCUT2D eigenvalue weighted by molar-refractivity contribution is 6.35. The van der Waals surface area contributed by atoms with Crippen molar-refractivity contribution < 1.29 is 14.5 Å². The van der Waals surface area contributed by atoms with Gasteiger partial charge in [0.05, 0.1) is 12.1 Å². The smallest absolute Gasteiger partial charge is 0.342 e. The van der Waals surface area contributed by atoms with E-state index in [1.807, 2.05) is 0 Å². The Morgan fingerprint density at radius 1 is 1.77 bits per heavy atom. The molecule has 0 saturated heterocycles. The predicted octanol–water partition coefficient (Wildman–Crippen LogP) is 1.43. The minimum absolute atomic E-state index is 0.108. The van der Waals surface area contributed by atoms with Crippen LogP contribution in [0.3, 0.4) is 0 Å². The molecular weight excluding hydrogens is 194 g/mol. The molecule has 1 N–H and O–H groups in total. The SMILES string of the molecule is CC1=C(Cl)C(C(=O)O)=C[N+](C)([O-])C1. The van der Waals surface area contributed by atoms with Gasteiger partial charge in [0.15, 0.2) is 0 Å². The van der Waals surface area contributed by atoms with Crippen LogP contribution >= 0.6 is 11.6 Å². The molecule has 0 radical (unpaired) electrons. The Balaban J connectivity index is 3.16. The molecule has 0 fully saturated rings. The van der Waals surface area contributed by atoms with Gasteiger partial charge >= 0.3 is 5.97 Å². The summed E-state index contributed by atoms with van der Waals surface area (Å²) >= 11 is 5.74. The fourth-order valence-corrected chi connectivity index (χ4v) is 1.48. The van der Waals surface area contributed by atoms with Crippen LogP contribution in [-0.2, 0) is 4.79 Å². The first kappa shape index (κ1) is 10.2. The number of carboxylic acid groups (broad SMARTS) is 1. The molecule has 1 aliphatic heterocycles. The molecule has 0 aromatic rings.